The van der Waals surface area contributed by atoms with Gasteiger partial charge in [-0.3, -0.25) is 0 Å². The van der Waals surface area contributed by atoms with E-state index in [1.165, 1.54) is 12.1 Å². The molecule has 0 unspecified atom stereocenters. The molecule has 0 bridgehead atoms. The van der Waals surface area contributed by atoms with Crippen molar-refractivity contribution in [3.05, 3.63) is 28.5 Å². The second-order valence-electron chi connectivity index (χ2n) is 2.01. The van der Waals surface area contributed by atoms with Gasteiger partial charge in [-0.15, -0.1) is 0 Å². The van der Waals surface area contributed by atoms with Crippen LogP contribution in [-0.2, 0) is 5.97 Å². The van der Waals surface area contributed by atoms with Crippen LogP contribution in [0, 0.1) is 0 Å². The first-order valence-corrected chi connectivity index (χ1v) is 3.58. The first-order chi connectivity index (χ1) is 5.00. The lowest BCUT2D eigenvalue weighted by molar-refractivity contribution is -0.324. The van der Waals surface area contributed by atoms with Gasteiger partial charge in [-0.05, 0) is 28.1 Å². The molecule has 0 aromatic carbocycles. The summed E-state index contributed by atoms with van der Waals surface area (Å²) in [6.07, 6.45) is 1.16. The van der Waals surface area contributed by atoms with Crippen LogP contribution in [0.1, 0.15) is 5.56 Å². The van der Waals surface area contributed by atoms with Crippen LogP contribution in [0.3, 0.4) is 0 Å². The summed E-state index contributed by atoms with van der Waals surface area (Å²) >= 11 is 3.06. The average Bonchev–Trinajstić information content (AvgIpc) is 1.86. The first kappa shape index (κ1) is 8.61. The van der Waals surface area contributed by atoms with Gasteiger partial charge in [0, 0.05) is 6.20 Å². The number of pyridine rings is 1. The third-order valence-corrected chi connectivity index (χ3v) is 1.58. The van der Waals surface area contributed by atoms with Crippen molar-refractivity contribution in [2.45, 2.75) is 5.97 Å². The van der Waals surface area contributed by atoms with Crippen molar-refractivity contribution in [2.75, 3.05) is 0 Å². The minimum Gasteiger partial charge on any atom is -0.340 e. The number of nitrogens with zero attached hydrogens (tertiary/aromatic N) is 1. The highest BCUT2D eigenvalue weighted by Gasteiger charge is 2.21. The molecule has 11 heavy (non-hydrogen) atoms. The predicted molar refractivity (Wildman–Crippen MR) is 40.3 cm³/mol. The van der Waals surface area contributed by atoms with Crippen LogP contribution >= 0.6 is 15.9 Å². The van der Waals surface area contributed by atoms with Crippen LogP contribution in [0.4, 0.5) is 0 Å². The molecule has 0 radical (unpaired) electrons. The maximum Gasteiger partial charge on any atom is 0.305 e. The van der Waals surface area contributed by atoms with E-state index in [1.54, 1.807) is 0 Å². The summed E-state index contributed by atoms with van der Waals surface area (Å²) < 4.78 is 0.561. The van der Waals surface area contributed by atoms with Crippen LogP contribution < -0.4 is 0 Å². The van der Waals surface area contributed by atoms with Crippen molar-refractivity contribution in [1.82, 2.24) is 4.98 Å². The fourth-order valence-corrected chi connectivity index (χ4v) is 0.809. The van der Waals surface area contributed by atoms with Gasteiger partial charge in [-0.2, -0.15) is 0 Å². The Kier molecular flexibility index (Phi) is 2.24. The van der Waals surface area contributed by atoms with Crippen molar-refractivity contribution >= 4 is 15.9 Å². The molecular formula is C6H6BrNO3. The van der Waals surface area contributed by atoms with Gasteiger partial charge in [0.2, 0.25) is 0 Å². The van der Waals surface area contributed by atoms with E-state index in [1.807, 2.05) is 0 Å². The molecule has 1 aromatic heterocycles. The summed E-state index contributed by atoms with van der Waals surface area (Å²) in [5, 5.41) is 25.9. The summed E-state index contributed by atoms with van der Waals surface area (Å²) in [5.41, 5.74) is -0.0688. The number of rotatable bonds is 1. The van der Waals surface area contributed by atoms with Crippen LogP contribution in [-0.4, -0.2) is 20.3 Å². The Labute approximate surface area is 71.3 Å². The number of halogens is 1. The van der Waals surface area contributed by atoms with Gasteiger partial charge >= 0.3 is 5.97 Å². The lowest BCUT2D eigenvalue weighted by Crippen LogP contribution is -2.23. The van der Waals surface area contributed by atoms with Gasteiger partial charge in [-0.1, -0.05) is 0 Å². The Hall–Kier alpha value is -0.490. The zero-order valence-electron chi connectivity index (χ0n) is 5.40. The minimum atomic E-state index is -2.80. The lowest BCUT2D eigenvalue weighted by Gasteiger charge is -2.12. The van der Waals surface area contributed by atoms with Crippen molar-refractivity contribution in [2.24, 2.45) is 0 Å². The van der Waals surface area contributed by atoms with Crippen LogP contribution in [0.5, 0.6) is 0 Å². The van der Waals surface area contributed by atoms with E-state index in [-0.39, 0.29) is 5.56 Å². The van der Waals surface area contributed by atoms with Gasteiger partial charge in [0.05, 0.1) is 5.56 Å². The predicted octanol–water partition coefficient (Wildman–Crippen LogP) is -0.0687. The molecule has 1 heterocycles. The molecule has 1 aromatic rings. The van der Waals surface area contributed by atoms with Crippen molar-refractivity contribution in [3.63, 3.8) is 0 Å². The first-order valence-electron chi connectivity index (χ1n) is 2.79. The standard InChI is InChI=1S/C6H6BrNO3/c7-5-2-1-4(3-8-5)6(9,10)11/h1-3,9-11H. The molecule has 0 saturated carbocycles. The summed E-state index contributed by atoms with van der Waals surface area (Å²) in [6.45, 7) is 0. The monoisotopic (exact) mass is 219 g/mol. The average molecular weight is 220 g/mol. The number of aromatic nitrogens is 1. The van der Waals surface area contributed by atoms with E-state index in [2.05, 4.69) is 20.9 Å². The van der Waals surface area contributed by atoms with Crippen LogP contribution in [0.15, 0.2) is 22.9 Å². The summed E-state index contributed by atoms with van der Waals surface area (Å²) in [4.78, 5) is 3.68. The molecule has 0 fully saturated rings. The highest BCUT2D eigenvalue weighted by atomic mass is 79.9. The highest BCUT2D eigenvalue weighted by Crippen LogP contribution is 2.14. The molecular weight excluding hydrogens is 214 g/mol. The fraction of sp³-hybridized carbons (Fsp3) is 0.167. The van der Waals surface area contributed by atoms with Crippen LogP contribution in [0.25, 0.3) is 0 Å². The van der Waals surface area contributed by atoms with Gasteiger partial charge in [0.25, 0.3) is 0 Å². The second kappa shape index (κ2) is 2.86. The van der Waals surface area contributed by atoms with Gasteiger partial charge in [-0.25, -0.2) is 4.98 Å². The van der Waals surface area contributed by atoms with E-state index < -0.39 is 5.97 Å². The van der Waals surface area contributed by atoms with E-state index >= 15 is 0 Å². The maximum absolute atomic E-state index is 8.64. The van der Waals surface area contributed by atoms with Crippen molar-refractivity contribution < 1.29 is 15.3 Å². The SMILES string of the molecule is OC(O)(O)c1ccc(Br)nc1. The molecule has 0 amide bonds. The minimum absolute atomic E-state index is 0.0688. The molecule has 0 aliphatic heterocycles. The quantitative estimate of drug-likeness (QED) is 0.457. The molecule has 5 heteroatoms. The highest BCUT2D eigenvalue weighted by molar-refractivity contribution is 9.10. The smallest absolute Gasteiger partial charge is 0.305 e. The van der Waals surface area contributed by atoms with Gasteiger partial charge < -0.3 is 15.3 Å². The van der Waals surface area contributed by atoms with E-state index in [4.69, 9.17) is 15.3 Å². The summed E-state index contributed by atoms with van der Waals surface area (Å²) in [7, 11) is 0. The second-order valence-corrected chi connectivity index (χ2v) is 2.82. The molecule has 3 N–H and O–H groups in total. The Morgan fingerprint density at radius 3 is 2.27 bits per heavy atom. The van der Waals surface area contributed by atoms with Gasteiger partial charge in [0.15, 0.2) is 0 Å². The molecule has 0 aliphatic carbocycles. The summed E-state index contributed by atoms with van der Waals surface area (Å²) in [5.74, 6) is -2.80. The zero-order chi connectivity index (χ0) is 8.48. The molecule has 4 nitrogen and oxygen atoms in total. The largest absolute Gasteiger partial charge is 0.340 e. The molecule has 0 aliphatic rings. The number of hydrogen-bond acceptors (Lipinski definition) is 4. The Morgan fingerprint density at radius 1 is 1.27 bits per heavy atom. The Balaban J connectivity index is 2.99. The fourth-order valence-electron chi connectivity index (χ4n) is 0.574. The van der Waals surface area contributed by atoms with E-state index in [0.29, 0.717) is 4.60 Å². The molecule has 1 rings (SSSR count). The third kappa shape index (κ3) is 2.23. The van der Waals surface area contributed by atoms with Gasteiger partial charge in [0.1, 0.15) is 4.60 Å². The third-order valence-electron chi connectivity index (χ3n) is 1.11. The zero-order valence-corrected chi connectivity index (χ0v) is 6.98. The Bertz CT molecular complexity index is 241. The number of aliphatic hydroxyl groups is 3. The normalized spacial score (nSPS) is 11.6. The lowest BCUT2D eigenvalue weighted by atomic mass is 10.2. The van der Waals surface area contributed by atoms with Crippen molar-refractivity contribution in [1.29, 1.82) is 0 Å². The Morgan fingerprint density at radius 2 is 1.91 bits per heavy atom. The van der Waals surface area contributed by atoms with Crippen molar-refractivity contribution in [3.8, 4) is 0 Å². The molecule has 0 saturated heterocycles. The summed E-state index contributed by atoms with van der Waals surface area (Å²) in [6, 6.07) is 2.84. The topological polar surface area (TPSA) is 73.6 Å². The number of hydrogen-bond donors (Lipinski definition) is 3. The molecule has 0 spiro atoms. The van der Waals surface area contributed by atoms with Crippen LogP contribution in [0.2, 0.25) is 0 Å². The molecule has 60 valence electrons. The van der Waals surface area contributed by atoms with E-state index in [9.17, 15) is 0 Å². The van der Waals surface area contributed by atoms with E-state index in [0.717, 1.165) is 6.20 Å². The maximum atomic E-state index is 8.64. The molecule has 0 atom stereocenters.